The smallest absolute Gasteiger partial charge is 0.240 e. The maximum atomic E-state index is 12.2. The van der Waals surface area contributed by atoms with Crippen molar-refractivity contribution in [3.8, 4) is 5.75 Å². The van der Waals surface area contributed by atoms with Crippen molar-refractivity contribution >= 4 is 15.7 Å². The van der Waals surface area contributed by atoms with E-state index < -0.39 is 10.0 Å². The van der Waals surface area contributed by atoms with Crippen LogP contribution in [0.5, 0.6) is 5.75 Å². The number of allylic oxidation sites excluding steroid dienone is 1. The van der Waals surface area contributed by atoms with Crippen LogP contribution in [0.3, 0.4) is 0 Å². The van der Waals surface area contributed by atoms with E-state index in [1.165, 1.54) is 43.7 Å². The Hall–Kier alpha value is -1.53. The summed E-state index contributed by atoms with van der Waals surface area (Å²) in [5.41, 5.74) is 7.46. The molecule has 0 amide bonds. The highest BCUT2D eigenvalue weighted by molar-refractivity contribution is 7.89. The van der Waals surface area contributed by atoms with Crippen molar-refractivity contribution in [3.05, 3.63) is 29.8 Å². The Morgan fingerprint density at radius 1 is 1.33 bits per heavy atom. The lowest BCUT2D eigenvalue weighted by Crippen LogP contribution is -2.25. The van der Waals surface area contributed by atoms with Gasteiger partial charge in [0.05, 0.1) is 17.7 Å². The lowest BCUT2D eigenvalue weighted by Gasteiger charge is -2.13. The van der Waals surface area contributed by atoms with Crippen molar-refractivity contribution in [2.24, 2.45) is 0 Å². The van der Waals surface area contributed by atoms with Crippen LogP contribution in [0.15, 0.2) is 34.7 Å². The number of benzene rings is 1. The third-order valence-corrected chi connectivity index (χ3v) is 5.10. The Kier molecular flexibility index (Phi) is 5.25. The van der Waals surface area contributed by atoms with E-state index >= 15 is 0 Å². The fraction of sp³-hybridized carbons (Fsp3) is 0.467. The normalized spacial score (nSPS) is 15.6. The van der Waals surface area contributed by atoms with E-state index in [1.807, 2.05) is 0 Å². The van der Waals surface area contributed by atoms with Crippen LogP contribution in [-0.4, -0.2) is 22.1 Å². The molecule has 0 saturated carbocycles. The van der Waals surface area contributed by atoms with Gasteiger partial charge in [0, 0.05) is 12.6 Å². The van der Waals surface area contributed by atoms with Gasteiger partial charge in [0.2, 0.25) is 10.0 Å². The monoisotopic (exact) mass is 310 g/mol. The zero-order valence-corrected chi connectivity index (χ0v) is 13.1. The largest absolute Gasteiger partial charge is 0.495 e. The zero-order valence-electron chi connectivity index (χ0n) is 12.3. The number of rotatable bonds is 6. The summed E-state index contributed by atoms with van der Waals surface area (Å²) in [5.74, 6) is 0.368. The van der Waals surface area contributed by atoms with Crippen LogP contribution in [-0.2, 0) is 10.0 Å². The molecule has 0 unspecified atom stereocenters. The van der Waals surface area contributed by atoms with Gasteiger partial charge in [0.25, 0.3) is 0 Å². The summed E-state index contributed by atoms with van der Waals surface area (Å²) in [6.45, 7) is 0.418. The highest BCUT2D eigenvalue weighted by atomic mass is 32.2. The summed E-state index contributed by atoms with van der Waals surface area (Å²) in [5, 5.41) is 0. The molecule has 1 aliphatic carbocycles. The van der Waals surface area contributed by atoms with Crippen molar-refractivity contribution < 1.29 is 13.2 Å². The zero-order chi connectivity index (χ0) is 15.3. The minimum Gasteiger partial charge on any atom is -0.495 e. The maximum absolute atomic E-state index is 12.2. The van der Waals surface area contributed by atoms with Crippen LogP contribution < -0.4 is 15.2 Å². The summed E-state index contributed by atoms with van der Waals surface area (Å²) in [6, 6.07) is 4.47. The number of hydrogen-bond donors (Lipinski definition) is 2. The molecule has 2 rings (SSSR count). The second-order valence-electron chi connectivity index (χ2n) is 5.16. The molecule has 5 nitrogen and oxygen atoms in total. The van der Waals surface area contributed by atoms with Gasteiger partial charge >= 0.3 is 0 Å². The van der Waals surface area contributed by atoms with Crippen molar-refractivity contribution in [1.82, 2.24) is 4.72 Å². The SMILES string of the molecule is COc1cc(S(=O)(=O)NCCC2=CCCCC2)ccc1N. The summed E-state index contributed by atoms with van der Waals surface area (Å²) < 4.78 is 32.1. The van der Waals surface area contributed by atoms with E-state index in [-0.39, 0.29) is 4.90 Å². The molecule has 0 bridgehead atoms. The third-order valence-electron chi connectivity index (χ3n) is 3.64. The van der Waals surface area contributed by atoms with Gasteiger partial charge in [-0.3, -0.25) is 0 Å². The van der Waals surface area contributed by atoms with Gasteiger partial charge in [0.15, 0.2) is 0 Å². The number of sulfonamides is 1. The van der Waals surface area contributed by atoms with Crippen LogP contribution in [0.2, 0.25) is 0 Å². The fourth-order valence-corrected chi connectivity index (χ4v) is 3.47. The summed E-state index contributed by atoms with van der Waals surface area (Å²) in [4.78, 5) is 0.172. The Morgan fingerprint density at radius 2 is 2.14 bits per heavy atom. The maximum Gasteiger partial charge on any atom is 0.240 e. The number of nitrogen functional groups attached to an aromatic ring is 1. The number of hydrogen-bond acceptors (Lipinski definition) is 4. The molecule has 3 N–H and O–H groups in total. The number of nitrogens with two attached hydrogens (primary N) is 1. The molecule has 0 aliphatic heterocycles. The van der Waals surface area contributed by atoms with Crippen molar-refractivity contribution in [3.63, 3.8) is 0 Å². The van der Waals surface area contributed by atoms with Crippen LogP contribution >= 0.6 is 0 Å². The standard InChI is InChI=1S/C15H22N2O3S/c1-20-15-11-13(7-8-14(15)16)21(18,19)17-10-9-12-5-3-2-4-6-12/h5,7-8,11,17H,2-4,6,9-10,16H2,1H3. The molecule has 0 heterocycles. The van der Waals surface area contributed by atoms with E-state index in [1.54, 1.807) is 0 Å². The van der Waals surface area contributed by atoms with Crippen LogP contribution in [0.4, 0.5) is 5.69 Å². The molecule has 0 saturated heterocycles. The number of methoxy groups -OCH3 is 1. The van der Waals surface area contributed by atoms with Crippen molar-refractivity contribution in [2.45, 2.75) is 37.0 Å². The number of anilines is 1. The van der Waals surface area contributed by atoms with Gasteiger partial charge < -0.3 is 10.5 Å². The third kappa shape index (κ3) is 4.22. The Balaban J connectivity index is 1.99. The first-order chi connectivity index (χ1) is 10.0. The summed E-state index contributed by atoms with van der Waals surface area (Å²) in [6.07, 6.45) is 7.62. The lowest BCUT2D eigenvalue weighted by atomic mass is 9.97. The molecule has 1 aromatic rings. The summed E-state index contributed by atoms with van der Waals surface area (Å²) in [7, 11) is -2.06. The van der Waals surface area contributed by atoms with E-state index in [0.717, 1.165) is 19.3 Å². The molecule has 0 atom stereocenters. The molecular weight excluding hydrogens is 288 g/mol. The molecule has 0 spiro atoms. The average molecular weight is 310 g/mol. The summed E-state index contributed by atoms with van der Waals surface area (Å²) >= 11 is 0. The van der Waals surface area contributed by atoms with Gasteiger partial charge in [-0.2, -0.15) is 0 Å². The van der Waals surface area contributed by atoms with Gasteiger partial charge in [-0.05, 0) is 44.2 Å². The van der Waals surface area contributed by atoms with Crippen molar-refractivity contribution in [2.75, 3.05) is 19.4 Å². The van der Waals surface area contributed by atoms with Gasteiger partial charge in [0.1, 0.15) is 5.75 Å². The molecule has 1 aromatic carbocycles. The van der Waals surface area contributed by atoms with Gasteiger partial charge in [-0.1, -0.05) is 11.6 Å². The Morgan fingerprint density at radius 3 is 2.81 bits per heavy atom. The van der Waals surface area contributed by atoms with Crippen molar-refractivity contribution in [1.29, 1.82) is 0 Å². The molecule has 0 radical (unpaired) electrons. The minimum absolute atomic E-state index is 0.172. The first-order valence-electron chi connectivity index (χ1n) is 7.14. The van der Waals surface area contributed by atoms with Crippen LogP contribution in [0.1, 0.15) is 32.1 Å². The molecule has 116 valence electrons. The highest BCUT2D eigenvalue weighted by Gasteiger charge is 2.16. The predicted octanol–water partition coefficient (Wildman–Crippen LogP) is 2.45. The lowest BCUT2D eigenvalue weighted by molar-refractivity contribution is 0.415. The Bertz CT molecular complexity index is 624. The Labute approximate surface area is 126 Å². The molecule has 0 fully saturated rings. The number of ether oxygens (including phenoxy) is 1. The van der Waals surface area contributed by atoms with E-state index in [9.17, 15) is 8.42 Å². The van der Waals surface area contributed by atoms with Gasteiger partial charge in [-0.15, -0.1) is 0 Å². The van der Waals surface area contributed by atoms with E-state index in [4.69, 9.17) is 10.5 Å². The quantitative estimate of drug-likeness (QED) is 0.624. The topological polar surface area (TPSA) is 81.4 Å². The molecule has 21 heavy (non-hydrogen) atoms. The predicted molar refractivity (Wildman–Crippen MR) is 83.8 cm³/mol. The first-order valence-corrected chi connectivity index (χ1v) is 8.62. The molecule has 1 aliphatic rings. The average Bonchev–Trinajstić information content (AvgIpc) is 2.48. The van der Waals surface area contributed by atoms with Gasteiger partial charge in [-0.25, -0.2) is 13.1 Å². The fourth-order valence-electron chi connectivity index (χ4n) is 2.42. The first kappa shape index (κ1) is 15.9. The van der Waals surface area contributed by atoms with E-state index in [0.29, 0.717) is 18.0 Å². The molecule has 6 heteroatoms. The number of nitrogens with one attached hydrogen (secondary N) is 1. The van der Waals surface area contributed by atoms with Crippen LogP contribution in [0.25, 0.3) is 0 Å². The molecular formula is C15H22N2O3S. The second-order valence-corrected chi connectivity index (χ2v) is 6.93. The second kappa shape index (κ2) is 6.95. The van der Waals surface area contributed by atoms with Crippen LogP contribution in [0, 0.1) is 0 Å². The molecule has 0 aromatic heterocycles. The minimum atomic E-state index is -3.52. The highest BCUT2D eigenvalue weighted by Crippen LogP contribution is 2.25. The van der Waals surface area contributed by atoms with E-state index in [2.05, 4.69) is 10.8 Å².